The van der Waals surface area contributed by atoms with Gasteiger partial charge in [0.05, 0.1) is 6.61 Å². The number of hydrogen-bond acceptors (Lipinski definition) is 4. The summed E-state index contributed by atoms with van der Waals surface area (Å²) in [6.07, 6.45) is 1.18. The molecule has 0 aliphatic rings. The summed E-state index contributed by atoms with van der Waals surface area (Å²) >= 11 is -1.45. The van der Waals surface area contributed by atoms with E-state index in [4.69, 9.17) is 18.9 Å². The monoisotopic (exact) mass is 462 g/mol. The molecule has 0 aliphatic heterocycles. The molecule has 2 aromatic rings. The normalized spacial score (nSPS) is 11.4. The van der Waals surface area contributed by atoms with Crippen LogP contribution >= 0.6 is 0 Å². The molecule has 0 saturated heterocycles. The van der Waals surface area contributed by atoms with Gasteiger partial charge in [0.15, 0.2) is 0 Å². The van der Waals surface area contributed by atoms with E-state index in [-0.39, 0.29) is 0 Å². The number of rotatable bonds is 14. The van der Waals surface area contributed by atoms with Gasteiger partial charge < -0.3 is 9.47 Å². The van der Waals surface area contributed by atoms with E-state index < -0.39 is 13.3 Å². The second-order valence-electron chi connectivity index (χ2n) is 8.44. The molecule has 2 rings (SSSR count). The molecule has 5 heteroatoms. The van der Waals surface area contributed by atoms with Crippen LogP contribution in [0.25, 0.3) is 0 Å². The van der Waals surface area contributed by atoms with E-state index in [1.165, 1.54) is 22.8 Å². The molecular weight excluding hydrogens is 425 g/mol. The summed E-state index contributed by atoms with van der Waals surface area (Å²) < 4.78 is 22.4. The second-order valence-corrected chi connectivity index (χ2v) is 20.2. The van der Waals surface area contributed by atoms with Crippen LogP contribution in [0.4, 0.5) is 0 Å². The molecule has 0 aromatic heterocycles. The Balaban J connectivity index is 1.44. The zero-order valence-corrected chi connectivity index (χ0v) is 20.5. The maximum absolute atomic E-state index is 5.73. The summed E-state index contributed by atoms with van der Waals surface area (Å²) in [6.45, 7) is 5.38. The van der Waals surface area contributed by atoms with Crippen molar-refractivity contribution >= 4 is 13.3 Å². The summed E-state index contributed by atoms with van der Waals surface area (Å²) in [5.41, 5.74) is 2.63. The first-order chi connectivity index (χ1) is 13.9. The minimum absolute atomic E-state index is 0.543. The van der Waals surface area contributed by atoms with Crippen molar-refractivity contribution in [2.24, 2.45) is 0 Å². The quantitative estimate of drug-likeness (QED) is 0.280. The Kier molecular flexibility index (Phi) is 10.6. The number of benzene rings is 2. The third kappa shape index (κ3) is 11.3. The first kappa shape index (κ1) is 23.8. The minimum Gasteiger partial charge on any atom is -0.0556 e. The third-order valence-corrected chi connectivity index (χ3v) is 8.14. The molecule has 0 N–H and O–H groups in total. The van der Waals surface area contributed by atoms with E-state index in [0.29, 0.717) is 39.6 Å². The molecule has 0 heterocycles. The average Bonchev–Trinajstić information content (AvgIpc) is 2.69. The van der Waals surface area contributed by atoms with E-state index in [0.717, 1.165) is 11.5 Å². The molecule has 0 radical (unpaired) electrons. The van der Waals surface area contributed by atoms with Crippen molar-refractivity contribution in [3.8, 4) is 11.5 Å². The van der Waals surface area contributed by atoms with E-state index in [1.807, 2.05) is 24.3 Å². The summed E-state index contributed by atoms with van der Waals surface area (Å²) in [5.74, 6) is 9.15. The molecule has 160 valence electrons. The van der Waals surface area contributed by atoms with Gasteiger partial charge in [-0.2, -0.15) is 0 Å². The van der Waals surface area contributed by atoms with Crippen molar-refractivity contribution in [3.05, 3.63) is 59.7 Å². The fraction of sp³-hybridized carbons (Fsp3) is 0.500. The Labute approximate surface area is 178 Å². The van der Waals surface area contributed by atoms with Crippen LogP contribution in [0.5, 0.6) is 11.5 Å². The molecule has 4 nitrogen and oxygen atoms in total. The van der Waals surface area contributed by atoms with Gasteiger partial charge in [0.1, 0.15) is 12.4 Å². The molecule has 29 heavy (non-hydrogen) atoms. The van der Waals surface area contributed by atoms with Crippen LogP contribution in [0.3, 0.4) is 0 Å². The average molecular weight is 461 g/mol. The van der Waals surface area contributed by atoms with Crippen molar-refractivity contribution in [2.45, 2.75) is 35.9 Å². The first-order valence-electron chi connectivity index (χ1n) is 10.5. The Hall–Kier alpha value is -1.50. The number of hydrogen-bond donors (Lipinski definition) is 0. The van der Waals surface area contributed by atoms with Crippen LogP contribution in [0.15, 0.2) is 48.5 Å². The van der Waals surface area contributed by atoms with Gasteiger partial charge in [-0.15, -0.1) is 0 Å². The minimum atomic E-state index is -1.45. The van der Waals surface area contributed by atoms with Gasteiger partial charge >= 0.3 is 114 Å². The zero-order valence-electron chi connectivity index (χ0n) is 18.4. The van der Waals surface area contributed by atoms with Crippen LogP contribution in [-0.2, 0) is 15.9 Å². The van der Waals surface area contributed by atoms with Crippen molar-refractivity contribution in [3.63, 3.8) is 0 Å². The standard InChI is InChI=1S/C24H36GeO4/c1-21-5-9-23(10-6-21)28-19-17-26-15-16-27-18-20-29-24-11-7-22(8-12-24)13-14-25(2,3)4/h5-12H,13-20H2,1-4H3. The Morgan fingerprint density at radius 1 is 0.621 bits per heavy atom. The molecule has 0 atom stereocenters. The fourth-order valence-electron chi connectivity index (χ4n) is 2.67. The Morgan fingerprint density at radius 2 is 1.07 bits per heavy atom. The summed E-state index contributed by atoms with van der Waals surface area (Å²) in [5, 5.41) is 1.37. The first-order valence-corrected chi connectivity index (χ1v) is 18.3. The van der Waals surface area contributed by atoms with Gasteiger partial charge in [0, 0.05) is 0 Å². The van der Waals surface area contributed by atoms with Crippen LogP contribution in [0, 0.1) is 6.92 Å². The van der Waals surface area contributed by atoms with Crippen LogP contribution in [-0.4, -0.2) is 52.9 Å². The van der Waals surface area contributed by atoms with E-state index in [1.54, 1.807) is 0 Å². The van der Waals surface area contributed by atoms with Crippen molar-refractivity contribution < 1.29 is 18.9 Å². The van der Waals surface area contributed by atoms with Gasteiger partial charge in [-0.1, -0.05) is 17.7 Å². The van der Waals surface area contributed by atoms with Gasteiger partial charge in [-0.3, -0.25) is 0 Å². The molecule has 0 saturated carbocycles. The van der Waals surface area contributed by atoms with Gasteiger partial charge in [0.2, 0.25) is 0 Å². The summed E-state index contributed by atoms with van der Waals surface area (Å²) in [6, 6.07) is 16.5. The third-order valence-electron chi connectivity index (χ3n) is 4.47. The number of aryl methyl sites for hydroxylation is 2. The molecule has 2 aromatic carbocycles. The van der Waals surface area contributed by atoms with E-state index in [9.17, 15) is 0 Å². The van der Waals surface area contributed by atoms with Crippen molar-refractivity contribution in [1.82, 2.24) is 0 Å². The van der Waals surface area contributed by atoms with Gasteiger partial charge in [-0.25, -0.2) is 0 Å². The van der Waals surface area contributed by atoms with Crippen LogP contribution < -0.4 is 9.47 Å². The van der Waals surface area contributed by atoms with E-state index in [2.05, 4.69) is 48.5 Å². The molecule has 0 amide bonds. The Morgan fingerprint density at radius 3 is 1.55 bits per heavy atom. The molecule has 0 spiro atoms. The van der Waals surface area contributed by atoms with E-state index >= 15 is 0 Å². The topological polar surface area (TPSA) is 36.9 Å². The SMILES string of the molecule is Cc1ccc(OCCOCCOCCOc2ccc(C[CH2][Ge]([CH3])([CH3])[CH3])cc2)cc1. The molecular formula is C24H36GeO4. The number of ether oxygens (including phenoxy) is 4. The predicted octanol–water partition coefficient (Wildman–Crippen LogP) is 5.37. The molecule has 0 aliphatic carbocycles. The smallest absolute Gasteiger partial charge is 0.0197 e. The second kappa shape index (κ2) is 12.9. The van der Waals surface area contributed by atoms with Crippen molar-refractivity contribution in [1.29, 1.82) is 0 Å². The van der Waals surface area contributed by atoms with Crippen molar-refractivity contribution in [2.75, 3.05) is 39.6 Å². The fourth-order valence-corrected chi connectivity index (χ4v) is 4.84. The van der Waals surface area contributed by atoms with Crippen LogP contribution in [0.1, 0.15) is 11.1 Å². The summed E-state index contributed by atoms with van der Waals surface area (Å²) in [4.78, 5) is 0. The molecule has 0 unspecified atom stereocenters. The summed E-state index contributed by atoms with van der Waals surface area (Å²) in [7, 11) is 0. The van der Waals surface area contributed by atoms with Crippen LogP contribution in [0.2, 0.25) is 22.5 Å². The van der Waals surface area contributed by atoms with Gasteiger partial charge in [-0.05, 0) is 19.1 Å². The maximum atomic E-state index is 5.73. The maximum Gasteiger partial charge on any atom is -0.0197 e. The van der Waals surface area contributed by atoms with Gasteiger partial charge in [0.25, 0.3) is 0 Å². The zero-order chi connectivity index (χ0) is 21.0. The largest absolute Gasteiger partial charge is 0.0556 e. The predicted molar refractivity (Wildman–Crippen MR) is 122 cm³/mol. The molecule has 0 fully saturated rings. The Bertz CT molecular complexity index is 678. The molecule has 0 bridgehead atoms.